The summed E-state index contributed by atoms with van der Waals surface area (Å²) in [6.07, 6.45) is 2.45. The summed E-state index contributed by atoms with van der Waals surface area (Å²) in [5, 5.41) is 3.37. The fourth-order valence-electron chi connectivity index (χ4n) is 2.03. The van der Waals surface area contributed by atoms with Gasteiger partial charge in [-0.3, -0.25) is 4.79 Å². The molecule has 1 unspecified atom stereocenters. The Morgan fingerprint density at radius 3 is 2.56 bits per heavy atom. The molecule has 1 fully saturated rings. The minimum absolute atomic E-state index is 0.0742. The van der Waals surface area contributed by atoms with E-state index in [1.807, 2.05) is 6.92 Å². The zero-order valence-corrected chi connectivity index (χ0v) is 10.8. The number of hydrogen-bond donors (Lipinski definition) is 2. The lowest BCUT2D eigenvalue weighted by Crippen LogP contribution is -2.43. The van der Waals surface area contributed by atoms with Gasteiger partial charge in [-0.2, -0.15) is 0 Å². The van der Waals surface area contributed by atoms with Crippen LogP contribution in [0.1, 0.15) is 26.7 Å². The number of nitrogens with one attached hydrogen (secondary N) is 1. The number of piperidine rings is 1. The van der Waals surface area contributed by atoms with Gasteiger partial charge in [0.15, 0.2) is 0 Å². The minimum atomic E-state index is -0.221. The standard InChI is InChI=1S/C12H25N3O/c1-10(11(13)16)8-14-9-12(2)4-6-15(3)7-5-12/h10,14H,4-9H2,1-3H3,(H2,13,16). The average Bonchev–Trinajstić information content (AvgIpc) is 2.23. The Balaban J connectivity index is 2.24. The monoisotopic (exact) mass is 227 g/mol. The lowest BCUT2D eigenvalue weighted by molar-refractivity contribution is -0.121. The van der Waals surface area contributed by atoms with Crippen molar-refractivity contribution in [1.82, 2.24) is 10.2 Å². The maximum Gasteiger partial charge on any atom is 0.221 e. The molecular formula is C12H25N3O. The molecule has 3 N–H and O–H groups in total. The molecule has 4 heteroatoms. The fourth-order valence-corrected chi connectivity index (χ4v) is 2.03. The first kappa shape index (κ1) is 13.5. The van der Waals surface area contributed by atoms with Crippen molar-refractivity contribution in [3.05, 3.63) is 0 Å². The van der Waals surface area contributed by atoms with Crippen LogP contribution in [-0.2, 0) is 4.79 Å². The van der Waals surface area contributed by atoms with Gasteiger partial charge < -0.3 is 16.0 Å². The second-order valence-electron chi connectivity index (χ2n) is 5.55. The zero-order chi connectivity index (χ0) is 12.2. The molecule has 1 rings (SSSR count). The molecular weight excluding hydrogens is 202 g/mol. The Morgan fingerprint density at radius 1 is 1.50 bits per heavy atom. The van der Waals surface area contributed by atoms with Crippen LogP contribution in [0.5, 0.6) is 0 Å². The summed E-state index contributed by atoms with van der Waals surface area (Å²) in [7, 11) is 2.17. The van der Waals surface area contributed by atoms with E-state index >= 15 is 0 Å². The average molecular weight is 227 g/mol. The number of amides is 1. The van der Waals surface area contributed by atoms with Crippen molar-refractivity contribution >= 4 is 5.91 Å². The summed E-state index contributed by atoms with van der Waals surface area (Å²) in [5.41, 5.74) is 5.60. The van der Waals surface area contributed by atoms with Crippen LogP contribution < -0.4 is 11.1 Å². The lowest BCUT2D eigenvalue weighted by atomic mass is 9.80. The van der Waals surface area contributed by atoms with Gasteiger partial charge in [0.05, 0.1) is 0 Å². The molecule has 0 saturated carbocycles. The van der Waals surface area contributed by atoms with Crippen LogP contribution in [-0.4, -0.2) is 44.0 Å². The Kier molecular flexibility index (Phi) is 4.74. The third-order valence-corrected chi connectivity index (χ3v) is 3.68. The maximum absolute atomic E-state index is 10.9. The normalized spacial score (nSPS) is 22.9. The van der Waals surface area contributed by atoms with Crippen molar-refractivity contribution in [3.63, 3.8) is 0 Å². The number of nitrogens with two attached hydrogens (primary N) is 1. The summed E-state index contributed by atoms with van der Waals surface area (Å²) >= 11 is 0. The highest BCUT2D eigenvalue weighted by molar-refractivity contribution is 5.76. The van der Waals surface area contributed by atoms with E-state index in [-0.39, 0.29) is 11.8 Å². The molecule has 1 saturated heterocycles. The van der Waals surface area contributed by atoms with E-state index in [9.17, 15) is 4.79 Å². The summed E-state index contributed by atoms with van der Waals surface area (Å²) in [4.78, 5) is 13.2. The topological polar surface area (TPSA) is 58.4 Å². The van der Waals surface area contributed by atoms with Crippen LogP contribution in [0.25, 0.3) is 0 Å². The van der Waals surface area contributed by atoms with Gasteiger partial charge in [0.25, 0.3) is 0 Å². The van der Waals surface area contributed by atoms with Crippen molar-refractivity contribution in [1.29, 1.82) is 0 Å². The van der Waals surface area contributed by atoms with Crippen LogP contribution in [0, 0.1) is 11.3 Å². The number of rotatable bonds is 5. The molecule has 0 aromatic heterocycles. The molecule has 1 aliphatic rings. The minimum Gasteiger partial charge on any atom is -0.369 e. The number of carbonyl (C=O) groups is 1. The van der Waals surface area contributed by atoms with E-state index in [1.165, 1.54) is 25.9 Å². The molecule has 16 heavy (non-hydrogen) atoms. The van der Waals surface area contributed by atoms with Gasteiger partial charge in [-0.15, -0.1) is 0 Å². The molecule has 0 aliphatic carbocycles. The molecule has 0 aromatic rings. The van der Waals surface area contributed by atoms with Crippen LogP contribution in [0.15, 0.2) is 0 Å². The Labute approximate surface area is 98.6 Å². The summed E-state index contributed by atoms with van der Waals surface area (Å²) in [6, 6.07) is 0. The van der Waals surface area contributed by atoms with Crippen LogP contribution in [0.2, 0.25) is 0 Å². The number of primary amides is 1. The Morgan fingerprint density at radius 2 is 2.06 bits per heavy atom. The number of carbonyl (C=O) groups excluding carboxylic acids is 1. The molecule has 0 radical (unpaired) electrons. The zero-order valence-electron chi connectivity index (χ0n) is 10.8. The first-order chi connectivity index (χ1) is 7.43. The number of hydrogen-bond acceptors (Lipinski definition) is 3. The maximum atomic E-state index is 10.9. The number of likely N-dealkylation sites (tertiary alicyclic amines) is 1. The first-order valence-electron chi connectivity index (χ1n) is 6.11. The molecule has 1 aliphatic heterocycles. The van der Waals surface area contributed by atoms with Crippen molar-refractivity contribution in [2.75, 3.05) is 33.2 Å². The molecule has 1 heterocycles. The van der Waals surface area contributed by atoms with Crippen LogP contribution >= 0.6 is 0 Å². The summed E-state index contributed by atoms with van der Waals surface area (Å²) in [6.45, 7) is 8.21. The third-order valence-electron chi connectivity index (χ3n) is 3.68. The molecule has 0 aromatic carbocycles. The van der Waals surface area contributed by atoms with Crippen LogP contribution in [0.3, 0.4) is 0 Å². The quantitative estimate of drug-likeness (QED) is 0.716. The van der Waals surface area contributed by atoms with E-state index < -0.39 is 0 Å². The SMILES string of the molecule is CC(CNCC1(C)CCN(C)CC1)C(N)=O. The Hall–Kier alpha value is -0.610. The highest BCUT2D eigenvalue weighted by Gasteiger charge is 2.28. The molecule has 4 nitrogen and oxygen atoms in total. The smallest absolute Gasteiger partial charge is 0.221 e. The second-order valence-corrected chi connectivity index (χ2v) is 5.55. The van der Waals surface area contributed by atoms with Gasteiger partial charge >= 0.3 is 0 Å². The summed E-state index contributed by atoms with van der Waals surface area (Å²) in [5.74, 6) is -0.295. The third kappa shape index (κ3) is 4.10. The van der Waals surface area contributed by atoms with E-state index in [0.717, 1.165) is 6.54 Å². The van der Waals surface area contributed by atoms with Gasteiger partial charge in [-0.25, -0.2) is 0 Å². The van der Waals surface area contributed by atoms with E-state index in [1.54, 1.807) is 0 Å². The van der Waals surface area contributed by atoms with E-state index in [4.69, 9.17) is 5.73 Å². The predicted octanol–water partition coefficient (Wildman–Crippen LogP) is 0.429. The molecule has 1 amide bonds. The molecule has 1 atom stereocenters. The fraction of sp³-hybridized carbons (Fsp3) is 0.917. The number of nitrogens with zero attached hydrogens (tertiary/aromatic N) is 1. The van der Waals surface area contributed by atoms with Crippen molar-refractivity contribution in [2.45, 2.75) is 26.7 Å². The highest BCUT2D eigenvalue weighted by atomic mass is 16.1. The largest absolute Gasteiger partial charge is 0.369 e. The predicted molar refractivity (Wildman–Crippen MR) is 66.1 cm³/mol. The first-order valence-corrected chi connectivity index (χ1v) is 6.11. The van der Waals surface area contributed by atoms with Crippen LogP contribution in [0.4, 0.5) is 0 Å². The van der Waals surface area contributed by atoms with E-state index in [2.05, 4.69) is 24.2 Å². The van der Waals surface area contributed by atoms with Gasteiger partial charge in [-0.1, -0.05) is 13.8 Å². The van der Waals surface area contributed by atoms with Crippen molar-refractivity contribution in [2.24, 2.45) is 17.1 Å². The van der Waals surface area contributed by atoms with Crippen molar-refractivity contribution in [3.8, 4) is 0 Å². The van der Waals surface area contributed by atoms with Crippen molar-refractivity contribution < 1.29 is 4.79 Å². The second kappa shape index (κ2) is 5.64. The Bertz CT molecular complexity index is 234. The van der Waals surface area contributed by atoms with Gasteiger partial charge in [-0.05, 0) is 38.4 Å². The highest BCUT2D eigenvalue weighted by Crippen LogP contribution is 2.29. The molecule has 94 valence electrons. The van der Waals surface area contributed by atoms with Gasteiger partial charge in [0.2, 0.25) is 5.91 Å². The molecule has 0 bridgehead atoms. The lowest BCUT2D eigenvalue weighted by Gasteiger charge is -2.38. The van der Waals surface area contributed by atoms with E-state index in [0.29, 0.717) is 12.0 Å². The molecule has 0 spiro atoms. The van der Waals surface area contributed by atoms with Gasteiger partial charge in [0, 0.05) is 19.0 Å². The van der Waals surface area contributed by atoms with Gasteiger partial charge in [0.1, 0.15) is 0 Å². The summed E-state index contributed by atoms with van der Waals surface area (Å²) < 4.78 is 0.